The smallest absolute Gasteiger partial charge is 0.345 e. The number of rotatable bonds is 6. The molecule has 1 aromatic heterocycles. The number of nitrogens with zero attached hydrogens (tertiary/aromatic N) is 1. The van der Waals surface area contributed by atoms with Gasteiger partial charge in [-0.25, -0.2) is 4.79 Å². The lowest BCUT2D eigenvalue weighted by atomic mass is 10.2. The van der Waals surface area contributed by atoms with Gasteiger partial charge in [0.15, 0.2) is 0 Å². The third kappa shape index (κ3) is 3.54. The predicted octanol–water partition coefficient (Wildman–Crippen LogP) is 2.45. The zero-order valence-electron chi connectivity index (χ0n) is 10.6. The highest BCUT2D eigenvalue weighted by molar-refractivity contribution is 7.13. The Bertz CT molecular complexity index is 399. The number of ether oxygens (including phenoxy) is 1. The van der Waals surface area contributed by atoms with Gasteiger partial charge in [0.05, 0.1) is 6.10 Å². The lowest BCUT2D eigenvalue weighted by Gasteiger charge is -2.22. The average Bonchev–Trinajstić information content (AvgIpc) is 2.99. The van der Waals surface area contributed by atoms with E-state index in [4.69, 9.17) is 9.84 Å². The first kappa shape index (κ1) is 13.5. The van der Waals surface area contributed by atoms with Crippen molar-refractivity contribution in [1.82, 2.24) is 4.90 Å². The van der Waals surface area contributed by atoms with Gasteiger partial charge in [0, 0.05) is 24.6 Å². The number of carbonyl (C=O) groups is 1. The van der Waals surface area contributed by atoms with Crippen LogP contribution in [0.5, 0.6) is 0 Å². The fourth-order valence-corrected chi connectivity index (χ4v) is 3.07. The first-order valence-corrected chi connectivity index (χ1v) is 7.16. The molecule has 0 saturated carbocycles. The molecule has 100 valence electrons. The number of likely N-dealkylation sites (N-methyl/N-ethyl adjacent to an activating group) is 1. The molecule has 0 radical (unpaired) electrons. The molecule has 1 unspecified atom stereocenters. The molecule has 2 rings (SSSR count). The van der Waals surface area contributed by atoms with E-state index in [2.05, 4.69) is 11.8 Å². The zero-order chi connectivity index (χ0) is 13.0. The van der Waals surface area contributed by atoms with Crippen molar-refractivity contribution in [1.29, 1.82) is 0 Å². The van der Waals surface area contributed by atoms with Gasteiger partial charge in [-0.3, -0.25) is 4.90 Å². The van der Waals surface area contributed by atoms with Crippen molar-refractivity contribution < 1.29 is 14.6 Å². The van der Waals surface area contributed by atoms with E-state index >= 15 is 0 Å². The van der Waals surface area contributed by atoms with E-state index in [0.29, 0.717) is 11.0 Å². The quantitative estimate of drug-likeness (QED) is 0.862. The highest BCUT2D eigenvalue weighted by Crippen LogP contribution is 2.20. The third-order valence-corrected chi connectivity index (χ3v) is 4.24. The molecule has 1 aromatic rings. The van der Waals surface area contributed by atoms with Gasteiger partial charge < -0.3 is 9.84 Å². The highest BCUT2D eigenvalue weighted by atomic mass is 32.1. The van der Waals surface area contributed by atoms with Gasteiger partial charge in [-0.15, -0.1) is 11.3 Å². The molecule has 1 N–H and O–H groups in total. The predicted molar refractivity (Wildman–Crippen MR) is 71.2 cm³/mol. The van der Waals surface area contributed by atoms with Crippen molar-refractivity contribution in [3.63, 3.8) is 0 Å². The molecular weight excluding hydrogens is 250 g/mol. The summed E-state index contributed by atoms with van der Waals surface area (Å²) in [7, 11) is 0. The molecule has 0 aliphatic carbocycles. The van der Waals surface area contributed by atoms with Gasteiger partial charge in [0.25, 0.3) is 0 Å². The largest absolute Gasteiger partial charge is 0.477 e. The second kappa shape index (κ2) is 6.31. The molecule has 2 heterocycles. The van der Waals surface area contributed by atoms with Crippen molar-refractivity contribution >= 4 is 17.3 Å². The maximum atomic E-state index is 10.8. The lowest BCUT2D eigenvalue weighted by Crippen LogP contribution is -2.31. The van der Waals surface area contributed by atoms with Crippen molar-refractivity contribution in [2.24, 2.45) is 0 Å². The molecule has 0 amide bonds. The molecule has 0 aromatic carbocycles. The summed E-state index contributed by atoms with van der Waals surface area (Å²) in [6.07, 6.45) is 2.65. The van der Waals surface area contributed by atoms with Crippen LogP contribution in [0.15, 0.2) is 12.1 Å². The zero-order valence-corrected chi connectivity index (χ0v) is 11.4. The van der Waals surface area contributed by atoms with Crippen molar-refractivity contribution in [2.45, 2.75) is 32.4 Å². The van der Waals surface area contributed by atoms with Crippen LogP contribution in [0.4, 0.5) is 0 Å². The van der Waals surface area contributed by atoms with Crippen LogP contribution in [0.2, 0.25) is 0 Å². The Balaban J connectivity index is 1.89. The number of hydrogen-bond donors (Lipinski definition) is 1. The average molecular weight is 269 g/mol. The molecule has 0 bridgehead atoms. The van der Waals surface area contributed by atoms with E-state index in [-0.39, 0.29) is 0 Å². The minimum atomic E-state index is -0.839. The molecule has 1 aliphatic rings. The summed E-state index contributed by atoms with van der Waals surface area (Å²) in [5, 5.41) is 8.90. The fourth-order valence-electron chi connectivity index (χ4n) is 2.18. The second-order valence-corrected chi connectivity index (χ2v) is 5.70. The van der Waals surface area contributed by atoms with Crippen LogP contribution in [0.25, 0.3) is 0 Å². The van der Waals surface area contributed by atoms with E-state index in [1.54, 1.807) is 6.07 Å². The molecule has 18 heavy (non-hydrogen) atoms. The van der Waals surface area contributed by atoms with Crippen LogP contribution in [0.1, 0.15) is 34.3 Å². The van der Waals surface area contributed by atoms with Gasteiger partial charge in [-0.1, -0.05) is 6.92 Å². The number of carboxylic acids is 1. The number of hydrogen-bond acceptors (Lipinski definition) is 4. The standard InChI is InChI=1S/C13H19NO3S/c1-2-14(8-10-4-3-7-17-10)9-11-5-6-12(18-11)13(15)16/h5-6,10H,2-4,7-9H2,1H3,(H,15,16). The summed E-state index contributed by atoms with van der Waals surface area (Å²) in [5.41, 5.74) is 0. The summed E-state index contributed by atoms with van der Waals surface area (Å²) in [6, 6.07) is 3.59. The minimum Gasteiger partial charge on any atom is -0.477 e. The molecule has 5 heteroatoms. The lowest BCUT2D eigenvalue weighted by molar-refractivity contribution is 0.0701. The molecule has 1 fully saturated rings. The Morgan fingerprint density at radius 1 is 1.61 bits per heavy atom. The highest BCUT2D eigenvalue weighted by Gasteiger charge is 2.19. The monoisotopic (exact) mass is 269 g/mol. The van der Waals surface area contributed by atoms with Crippen LogP contribution >= 0.6 is 11.3 Å². The van der Waals surface area contributed by atoms with Crippen LogP contribution in [0, 0.1) is 0 Å². The number of thiophene rings is 1. The molecule has 1 atom stereocenters. The summed E-state index contributed by atoms with van der Waals surface area (Å²) in [4.78, 5) is 14.7. The van der Waals surface area contributed by atoms with Crippen molar-refractivity contribution in [2.75, 3.05) is 19.7 Å². The van der Waals surface area contributed by atoms with E-state index in [1.165, 1.54) is 11.3 Å². The fraction of sp³-hybridized carbons (Fsp3) is 0.615. The molecule has 1 aliphatic heterocycles. The van der Waals surface area contributed by atoms with Crippen molar-refractivity contribution in [3.05, 3.63) is 21.9 Å². The molecule has 4 nitrogen and oxygen atoms in total. The molecular formula is C13H19NO3S. The van der Waals surface area contributed by atoms with Crippen LogP contribution in [0.3, 0.4) is 0 Å². The number of aromatic carboxylic acids is 1. The first-order chi connectivity index (χ1) is 8.69. The van der Waals surface area contributed by atoms with E-state index in [0.717, 1.165) is 44.0 Å². The maximum Gasteiger partial charge on any atom is 0.345 e. The van der Waals surface area contributed by atoms with Gasteiger partial charge in [-0.05, 0) is 31.5 Å². The Morgan fingerprint density at radius 2 is 2.44 bits per heavy atom. The van der Waals surface area contributed by atoms with Crippen LogP contribution in [-0.2, 0) is 11.3 Å². The Morgan fingerprint density at radius 3 is 3.00 bits per heavy atom. The topological polar surface area (TPSA) is 49.8 Å². The van der Waals surface area contributed by atoms with E-state index in [9.17, 15) is 4.79 Å². The minimum absolute atomic E-state index is 0.351. The Kier molecular flexibility index (Phi) is 4.74. The van der Waals surface area contributed by atoms with E-state index < -0.39 is 5.97 Å². The first-order valence-electron chi connectivity index (χ1n) is 6.35. The SMILES string of the molecule is CCN(Cc1ccc(C(=O)O)s1)CC1CCCO1. The van der Waals surface area contributed by atoms with Gasteiger partial charge >= 0.3 is 5.97 Å². The normalized spacial score (nSPS) is 19.6. The maximum absolute atomic E-state index is 10.8. The summed E-state index contributed by atoms with van der Waals surface area (Å²) in [5.74, 6) is -0.839. The van der Waals surface area contributed by atoms with Gasteiger partial charge in [0.1, 0.15) is 4.88 Å². The van der Waals surface area contributed by atoms with Crippen LogP contribution in [-0.4, -0.2) is 41.8 Å². The molecule has 1 saturated heterocycles. The number of carboxylic acid groups (broad SMARTS) is 1. The molecule has 0 spiro atoms. The summed E-state index contributed by atoms with van der Waals surface area (Å²) < 4.78 is 5.63. The Labute approximate surface area is 111 Å². The van der Waals surface area contributed by atoms with Crippen LogP contribution < -0.4 is 0 Å². The van der Waals surface area contributed by atoms with Crippen molar-refractivity contribution in [3.8, 4) is 0 Å². The van der Waals surface area contributed by atoms with E-state index in [1.807, 2.05) is 6.07 Å². The second-order valence-electron chi connectivity index (χ2n) is 4.53. The third-order valence-electron chi connectivity index (χ3n) is 3.18. The Hall–Kier alpha value is -0.910. The summed E-state index contributed by atoms with van der Waals surface area (Å²) in [6.45, 7) is 5.72. The van der Waals surface area contributed by atoms with Gasteiger partial charge in [-0.2, -0.15) is 0 Å². The summed E-state index contributed by atoms with van der Waals surface area (Å²) >= 11 is 1.36. The van der Waals surface area contributed by atoms with Gasteiger partial charge in [0.2, 0.25) is 0 Å².